The average molecular weight is 339 g/mol. The maximum atomic E-state index is 12.1. The van der Waals surface area contributed by atoms with E-state index in [1.54, 1.807) is 0 Å². The van der Waals surface area contributed by atoms with Gasteiger partial charge in [-0.3, -0.25) is 4.79 Å². The highest BCUT2D eigenvalue weighted by molar-refractivity contribution is 5.76. The first-order valence-electron chi connectivity index (χ1n) is 9.16. The Morgan fingerprint density at radius 2 is 1.64 bits per heavy atom. The summed E-state index contributed by atoms with van der Waals surface area (Å²) in [5, 5.41) is 3.33. The van der Waals surface area contributed by atoms with Crippen LogP contribution in [0, 0.1) is 0 Å². The Morgan fingerprint density at radius 1 is 0.960 bits per heavy atom. The summed E-state index contributed by atoms with van der Waals surface area (Å²) < 4.78 is 4.95. The van der Waals surface area contributed by atoms with Crippen LogP contribution >= 0.6 is 0 Å². The van der Waals surface area contributed by atoms with E-state index in [0.29, 0.717) is 13.0 Å². The van der Waals surface area contributed by atoms with E-state index in [-0.39, 0.29) is 12.0 Å². The van der Waals surface area contributed by atoms with Crippen LogP contribution in [0.3, 0.4) is 0 Å². The second-order valence-electron chi connectivity index (χ2n) is 6.42. The molecule has 0 saturated heterocycles. The topological polar surface area (TPSA) is 38.3 Å². The number of aryl methyl sites for hydroxylation is 1. The molecule has 0 aliphatic rings. The highest BCUT2D eigenvalue weighted by Gasteiger charge is 2.18. The average Bonchev–Trinajstić information content (AvgIpc) is 2.66. The van der Waals surface area contributed by atoms with Crippen molar-refractivity contribution in [3.8, 4) is 0 Å². The Kier molecular flexibility index (Phi) is 8.20. The van der Waals surface area contributed by atoms with Gasteiger partial charge < -0.3 is 10.1 Å². The number of unbranched alkanes of at least 4 members (excludes halogenated alkanes) is 2. The summed E-state index contributed by atoms with van der Waals surface area (Å²) in [5.41, 5.74) is 3.68. The van der Waals surface area contributed by atoms with Gasteiger partial charge in [-0.1, -0.05) is 74.4 Å². The number of nitrogens with one attached hydrogen (secondary N) is 1. The fourth-order valence-electron chi connectivity index (χ4n) is 2.87. The van der Waals surface area contributed by atoms with Gasteiger partial charge in [0.2, 0.25) is 0 Å². The number of methoxy groups -OCH3 is 1. The van der Waals surface area contributed by atoms with Crippen LogP contribution in [-0.2, 0) is 28.9 Å². The molecule has 0 radical (unpaired) electrons. The largest absolute Gasteiger partial charge is 0.468 e. The lowest BCUT2D eigenvalue weighted by Crippen LogP contribution is -2.39. The van der Waals surface area contributed by atoms with Crippen LogP contribution < -0.4 is 5.32 Å². The third-order valence-electron chi connectivity index (χ3n) is 4.41. The van der Waals surface area contributed by atoms with Crippen LogP contribution in [0.5, 0.6) is 0 Å². The van der Waals surface area contributed by atoms with Crippen LogP contribution in [0.25, 0.3) is 0 Å². The molecule has 0 bridgehead atoms. The lowest BCUT2D eigenvalue weighted by Gasteiger charge is -2.17. The minimum atomic E-state index is -0.336. The summed E-state index contributed by atoms with van der Waals surface area (Å²) >= 11 is 0. The van der Waals surface area contributed by atoms with E-state index < -0.39 is 0 Å². The second-order valence-corrected chi connectivity index (χ2v) is 6.42. The molecule has 0 saturated carbocycles. The number of carbonyl (C=O) groups is 1. The zero-order valence-corrected chi connectivity index (χ0v) is 15.3. The van der Waals surface area contributed by atoms with Gasteiger partial charge in [-0.05, 0) is 36.0 Å². The molecule has 134 valence electrons. The van der Waals surface area contributed by atoms with Crippen LogP contribution in [0.2, 0.25) is 0 Å². The summed E-state index contributed by atoms with van der Waals surface area (Å²) in [5.74, 6) is -0.222. The number of rotatable bonds is 10. The van der Waals surface area contributed by atoms with Crippen molar-refractivity contribution in [3.05, 3.63) is 71.3 Å². The van der Waals surface area contributed by atoms with Gasteiger partial charge >= 0.3 is 5.97 Å². The molecule has 0 unspecified atom stereocenters. The van der Waals surface area contributed by atoms with E-state index in [1.165, 1.54) is 37.5 Å². The van der Waals surface area contributed by atoms with Crippen molar-refractivity contribution in [2.45, 2.75) is 51.6 Å². The van der Waals surface area contributed by atoms with Crippen molar-refractivity contribution in [3.63, 3.8) is 0 Å². The number of benzene rings is 2. The molecule has 2 aromatic carbocycles. The number of hydrogen-bond donors (Lipinski definition) is 1. The predicted molar refractivity (Wildman–Crippen MR) is 102 cm³/mol. The molecule has 3 nitrogen and oxygen atoms in total. The fraction of sp³-hybridized carbons (Fsp3) is 0.409. The van der Waals surface area contributed by atoms with Crippen molar-refractivity contribution in [2.75, 3.05) is 7.11 Å². The van der Waals surface area contributed by atoms with Crippen molar-refractivity contribution < 1.29 is 9.53 Å². The molecule has 25 heavy (non-hydrogen) atoms. The second kappa shape index (κ2) is 10.7. The van der Waals surface area contributed by atoms with Gasteiger partial charge in [-0.2, -0.15) is 0 Å². The molecule has 0 spiro atoms. The van der Waals surface area contributed by atoms with Crippen molar-refractivity contribution in [2.24, 2.45) is 0 Å². The Bertz CT molecular complexity index is 622. The Balaban J connectivity index is 1.90. The minimum absolute atomic E-state index is 0.222. The molecule has 0 aromatic heterocycles. The molecule has 0 aliphatic heterocycles. The molecule has 1 N–H and O–H groups in total. The summed E-state index contributed by atoms with van der Waals surface area (Å²) in [6.07, 6.45) is 5.54. The SMILES string of the molecule is CCCCCc1ccc(CN[C@@H](Cc2ccccc2)C(=O)OC)cc1. The van der Waals surface area contributed by atoms with E-state index in [2.05, 4.69) is 36.5 Å². The first-order chi connectivity index (χ1) is 12.2. The third-order valence-corrected chi connectivity index (χ3v) is 4.41. The van der Waals surface area contributed by atoms with E-state index in [9.17, 15) is 4.79 Å². The summed E-state index contributed by atoms with van der Waals surface area (Å²) in [6.45, 7) is 2.88. The smallest absolute Gasteiger partial charge is 0.323 e. The first-order valence-corrected chi connectivity index (χ1v) is 9.16. The van der Waals surface area contributed by atoms with Gasteiger partial charge in [0.15, 0.2) is 0 Å². The summed E-state index contributed by atoms with van der Waals surface area (Å²) in [4.78, 5) is 12.1. The van der Waals surface area contributed by atoms with Gasteiger partial charge in [0.05, 0.1) is 7.11 Å². The van der Waals surface area contributed by atoms with Gasteiger partial charge in [-0.25, -0.2) is 0 Å². The zero-order chi connectivity index (χ0) is 17.9. The maximum Gasteiger partial charge on any atom is 0.323 e. The molecule has 2 rings (SSSR count). The number of esters is 1. The van der Waals surface area contributed by atoms with Crippen LogP contribution in [-0.4, -0.2) is 19.1 Å². The minimum Gasteiger partial charge on any atom is -0.468 e. The van der Waals surface area contributed by atoms with Crippen LogP contribution in [0.4, 0.5) is 0 Å². The van der Waals surface area contributed by atoms with Gasteiger partial charge in [0, 0.05) is 6.54 Å². The van der Waals surface area contributed by atoms with E-state index in [1.807, 2.05) is 30.3 Å². The monoisotopic (exact) mass is 339 g/mol. The number of carbonyl (C=O) groups excluding carboxylic acids is 1. The molecule has 0 amide bonds. The summed E-state index contributed by atoms with van der Waals surface area (Å²) in [7, 11) is 1.44. The molecule has 0 fully saturated rings. The van der Waals surface area contributed by atoms with E-state index >= 15 is 0 Å². The van der Waals surface area contributed by atoms with Crippen molar-refractivity contribution >= 4 is 5.97 Å². The Morgan fingerprint density at radius 3 is 2.28 bits per heavy atom. The fourth-order valence-corrected chi connectivity index (χ4v) is 2.87. The molecule has 2 aromatic rings. The zero-order valence-electron chi connectivity index (χ0n) is 15.3. The normalized spacial score (nSPS) is 11.9. The molecule has 1 atom stereocenters. The van der Waals surface area contributed by atoms with Crippen LogP contribution in [0.1, 0.15) is 42.9 Å². The quantitative estimate of drug-likeness (QED) is 0.518. The molecule has 0 heterocycles. The van der Waals surface area contributed by atoms with Crippen LogP contribution in [0.15, 0.2) is 54.6 Å². The van der Waals surface area contributed by atoms with Crippen molar-refractivity contribution in [1.82, 2.24) is 5.32 Å². The highest BCUT2D eigenvalue weighted by Crippen LogP contribution is 2.10. The molecule has 0 aliphatic carbocycles. The first kappa shape index (κ1) is 19.2. The van der Waals surface area contributed by atoms with Gasteiger partial charge in [-0.15, -0.1) is 0 Å². The number of hydrogen-bond acceptors (Lipinski definition) is 3. The highest BCUT2D eigenvalue weighted by atomic mass is 16.5. The Labute approximate surface area is 151 Å². The summed E-state index contributed by atoms with van der Waals surface area (Å²) in [6, 6.07) is 18.3. The van der Waals surface area contributed by atoms with Gasteiger partial charge in [0.1, 0.15) is 6.04 Å². The molecular formula is C22H29NO2. The molecule has 3 heteroatoms. The predicted octanol–water partition coefficient (Wildman–Crippen LogP) is 4.29. The van der Waals surface area contributed by atoms with Gasteiger partial charge in [0.25, 0.3) is 0 Å². The van der Waals surface area contributed by atoms with E-state index in [0.717, 1.165) is 12.0 Å². The number of ether oxygens (including phenoxy) is 1. The Hall–Kier alpha value is -2.13. The van der Waals surface area contributed by atoms with Crippen molar-refractivity contribution in [1.29, 1.82) is 0 Å². The molecular weight excluding hydrogens is 310 g/mol. The maximum absolute atomic E-state index is 12.1. The standard InChI is InChI=1S/C22H29NO2/c1-3-4-6-9-18-12-14-20(15-13-18)17-23-21(22(24)25-2)16-19-10-7-5-8-11-19/h5,7-8,10-15,21,23H,3-4,6,9,16-17H2,1-2H3/t21-/m0/s1. The lowest BCUT2D eigenvalue weighted by molar-refractivity contribution is -0.143. The third kappa shape index (κ3) is 6.71. The lowest BCUT2D eigenvalue weighted by atomic mass is 10.0. The van der Waals surface area contributed by atoms with E-state index in [4.69, 9.17) is 4.74 Å².